The van der Waals surface area contributed by atoms with Crippen LogP contribution in [0.5, 0.6) is 0 Å². The minimum absolute atomic E-state index is 0.0196. The average molecular weight is 285 g/mol. The second-order valence-corrected chi connectivity index (χ2v) is 7.17. The van der Waals surface area contributed by atoms with Crippen molar-refractivity contribution in [1.82, 2.24) is 0 Å². The van der Waals surface area contributed by atoms with Crippen molar-refractivity contribution < 1.29 is 4.21 Å². The van der Waals surface area contributed by atoms with E-state index >= 15 is 0 Å². The predicted octanol–water partition coefficient (Wildman–Crippen LogP) is 3.04. The average Bonchev–Trinajstić information content (AvgIpc) is 2.76. The van der Waals surface area contributed by atoms with Gasteiger partial charge < -0.3 is 5.73 Å². The summed E-state index contributed by atoms with van der Waals surface area (Å²) in [5, 5.41) is -0.0196. The summed E-state index contributed by atoms with van der Waals surface area (Å²) in [7, 11) is -1.06. The Kier molecular flexibility index (Phi) is 3.48. The number of hydrogen-bond acceptors (Lipinski definition) is 2. The van der Waals surface area contributed by atoms with E-state index in [9.17, 15) is 4.21 Å². The van der Waals surface area contributed by atoms with Crippen molar-refractivity contribution in [3.05, 3.63) is 64.7 Å². The lowest BCUT2D eigenvalue weighted by Gasteiger charge is -2.17. The molecule has 0 bridgehead atoms. The fourth-order valence-electron chi connectivity index (χ4n) is 2.99. The molecule has 2 aromatic rings. The number of nitrogens with two attached hydrogens (primary N) is 1. The number of hydrogen-bond donors (Lipinski definition) is 1. The van der Waals surface area contributed by atoms with Crippen molar-refractivity contribution in [3.63, 3.8) is 0 Å². The number of benzene rings is 2. The third kappa shape index (κ3) is 2.21. The van der Waals surface area contributed by atoms with Gasteiger partial charge in [0.2, 0.25) is 0 Å². The van der Waals surface area contributed by atoms with Gasteiger partial charge in [-0.3, -0.25) is 4.21 Å². The molecule has 0 aliphatic heterocycles. The largest absolute Gasteiger partial charge is 0.323 e. The molecule has 2 nitrogen and oxygen atoms in total. The molecule has 0 amide bonds. The molecule has 104 valence electrons. The Balaban J connectivity index is 1.93. The molecule has 0 saturated carbocycles. The van der Waals surface area contributed by atoms with Crippen molar-refractivity contribution in [2.75, 3.05) is 0 Å². The zero-order chi connectivity index (χ0) is 14.3. The second-order valence-electron chi connectivity index (χ2n) is 5.53. The fourth-order valence-corrected chi connectivity index (χ4v) is 4.63. The standard InChI is InChI=1S/C17H19NOS/c1-11-7-8-15(12(2)9-11)20(19)16-10-13-5-3-4-6-14(13)17(16)18/h3-9,16-17H,10,18H2,1-2H3. The molecule has 0 saturated heterocycles. The summed E-state index contributed by atoms with van der Waals surface area (Å²) in [6.45, 7) is 4.07. The molecule has 0 aromatic heterocycles. The van der Waals surface area contributed by atoms with E-state index in [4.69, 9.17) is 5.73 Å². The van der Waals surface area contributed by atoms with Crippen LogP contribution in [-0.4, -0.2) is 9.46 Å². The highest BCUT2D eigenvalue weighted by Gasteiger charge is 2.34. The van der Waals surface area contributed by atoms with Crippen molar-refractivity contribution in [2.24, 2.45) is 5.73 Å². The quantitative estimate of drug-likeness (QED) is 0.921. The smallest absolute Gasteiger partial charge is 0.0628 e. The predicted molar refractivity (Wildman–Crippen MR) is 83.2 cm³/mol. The first-order valence-electron chi connectivity index (χ1n) is 6.89. The Morgan fingerprint density at radius 1 is 1.15 bits per heavy atom. The number of rotatable bonds is 2. The van der Waals surface area contributed by atoms with Crippen molar-refractivity contribution in [3.8, 4) is 0 Å². The van der Waals surface area contributed by atoms with Gasteiger partial charge in [0, 0.05) is 10.9 Å². The van der Waals surface area contributed by atoms with Gasteiger partial charge in [-0.1, -0.05) is 42.0 Å². The highest BCUT2D eigenvalue weighted by molar-refractivity contribution is 7.85. The summed E-state index contributed by atoms with van der Waals surface area (Å²) in [4.78, 5) is 0.920. The molecule has 0 fully saturated rings. The Morgan fingerprint density at radius 2 is 1.90 bits per heavy atom. The van der Waals surface area contributed by atoms with E-state index in [1.165, 1.54) is 11.1 Å². The van der Waals surface area contributed by atoms with Crippen LogP contribution in [0.3, 0.4) is 0 Å². The lowest BCUT2D eigenvalue weighted by atomic mass is 10.1. The summed E-state index contributed by atoms with van der Waals surface area (Å²) in [5.41, 5.74) is 11.0. The van der Waals surface area contributed by atoms with E-state index < -0.39 is 10.8 Å². The second kappa shape index (κ2) is 5.15. The van der Waals surface area contributed by atoms with Crippen molar-refractivity contribution in [2.45, 2.75) is 36.5 Å². The van der Waals surface area contributed by atoms with Crippen LogP contribution in [0, 0.1) is 13.8 Å². The van der Waals surface area contributed by atoms with E-state index in [-0.39, 0.29) is 11.3 Å². The topological polar surface area (TPSA) is 43.1 Å². The van der Waals surface area contributed by atoms with Crippen LogP contribution in [0.1, 0.15) is 28.3 Å². The number of aryl methyl sites for hydroxylation is 2. The van der Waals surface area contributed by atoms with Crippen LogP contribution in [0.2, 0.25) is 0 Å². The normalized spacial score (nSPS) is 22.6. The fraction of sp³-hybridized carbons (Fsp3) is 0.294. The zero-order valence-corrected chi connectivity index (χ0v) is 12.6. The van der Waals surface area contributed by atoms with Gasteiger partial charge in [0.1, 0.15) is 0 Å². The summed E-state index contributed by atoms with van der Waals surface area (Å²) >= 11 is 0. The molecule has 3 rings (SSSR count). The van der Waals surface area contributed by atoms with Crippen LogP contribution in [0.15, 0.2) is 47.4 Å². The molecule has 2 aromatic carbocycles. The summed E-state index contributed by atoms with van der Waals surface area (Å²) < 4.78 is 12.9. The first-order valence-corrected chi connectivity index (χ1v) is 8.10. The molecule has 0 spiro atoms. The zero-order valence-electron chi connectivity index (χ0n) is 11.8. The first-order chi connectivity index (χ1) is 9.58. The first kappa shape index (κ1) is 13.5. The van der Waals surface area contributed by atoms with Crippen LogP contribution in [0.25, 0.3) is 0 Å². The van der Waals surface area contributed by atoms with Crippen LogP contribution >= 0.6 is 0 Å². The molecule has 20 heavy (non-hydrogen) atoms. The molecule has 0 radical (unpaired) electrons. The van der Waals surface area contributed by atoms with Gasteiger partial charge in [-0.05, 0) is 43.0 Å². The molecule has 2 N–H and O–H groups in total. The van der Waals surface area contributed by atoms with Gasteiger partial charge in [0.25, 0.3) is 0 Å². The van der Waals surface area contributed by atoms with Gasteiger partial charge in [-0.15, -0.1) is 0 Å². The summed E-state index contributed by atoms with van der Waals surface area (Å²) in [6, 6.07) is 14.1. The highest BCUT2D eigenvalue weighted by Crippen LogP contribution is 2.35. The lowest BCUT2D eigenvalue weighted by Crippen LogP contribution is -2.27. The Labute approximate surface area is 122 Å². The van der Waals surface area contributed by atoms with Crippen LogP contribution in [-0.2, 0) is 17.2 Å². The van der Waals surface area contributed by atoms with Crippen molar-refractivity contribution in [1.29, 1.82) is 0 Å². The van der Waals surface area contributed by atoms with Crippen LogP contribution in [0.4, 0.5) is 0 Å². The maximum Gasteiger partial charge on any atom is 0.0628 e. The van der Waals surface area contributed by atoms with Crippen LogP contribution < -0.4 is 5.73 Å². The van der Waals surface area contributed by atoms with E-state index in [1.807, 2.05) is 31.2 Å². The molecule has 3 heteroatoms. The number of fused-ring (bicyclic) bond motifs is 1. The van der Waals surface area contributed by atoms with Gasteiger partial charge in [-0.2, -0.15) is 0 Å². The Hall–Kier alpha value is -1.45. The third-order valence-corrected chi connectivity index (χ3v) is 5.96. The Morgan fingerprint density at radius 3 is 2.60 bits per heavy atom. The molecular formula is C17H19NOS. The Bertz CT molecular complexity index is 680. The molecule has 1 aliphatic rings. The van der Waals surface area contributed by atoms with Gasteiger partial charge in [0.15, 0.2) is 0 Å². The van der Waals surface area contributed by atoms with E-state index in [0.717, 1.165) is 22.4 Å². The molecule has 1 aliphatic carbocycles. The summed E-state index contributed by atoms with van der Waals surface area (Å²) in [5.74, 6) is 0. The SMILES string of the molecule is Cc1ccc(S(=O)C2Cc3ccccc3C2N)c(C)c1. The maximum absolute atomic E-state index is 12.9. The van der Waals surface area contributed by atoms with E-state index in [1.54, 1.807) is 0 Å². The van der Waals surface area contributed by atoms with Gasteiger partial charge >= 0.3 is 0 Å². The van der Waals surface area contributed by atoms with E-state index in [0.29, 0.717) is 0 Å². The highest BCUT2D eigenvalue weighted by atomic mass is 32.2. The molecule has 3 atom stereocenters. The van der Waals surface area contributed by atoms with E-state index in [2.05, 4.69) is 25.1 Å². The molecule has 0 heterocycles. The molecule has 3 unspecified atom stereocenters. The lowest BCUT2D eigenvalue weighted by molar-refractivity contribution is 0.646. The minimum atomic E-state index is -1.06. The third-order valence-electron chi connectivity index (χ3n) is 4.06. The monoisotopic (exact) mass is 285 g/mol. The van der Waals surface area contributed by atoms with Crippen molar-refractivity contribution >= 4 is 10.8 Å². The van der Waals surface area contributed by atoms with Gasteiger partial charge in [-0.25, -0.2) is 0 Å². The molecular weight excluding hydrogens is 266 g/mol. The van der Waals surface area contributed by atoms with Gasteiger partial charge in [0.05, 0.1) is 16.0 Å². The maximum atomic E-state index is 12.9. The summed E-state index contributed by atoms with van der Waals surface area (Å²) in [6.07, 6.45) is 0.803. The minimum Gasteiger partial charge on any atom is -0.323 e.